The van der Waals surface area contributed by atoms with E-state index in [-0.39, 0.29) is 0 Å². The summed E-state index contributed by atoms with van der Waals surface area (Å²) in [6, 6.07) is 6.10. The van der Waals surface area contributed by atoms with Crippen LogP contribution in [0.3, 0.4) is 0 Å². The lowest BCUT2D eigenvalue weighted by atomic mass is 9.91. The fraction of sp³-hybridized carbons (Fsp3) is 0.294. The van der Waals surface area contributed by atoms with Gasteiger partial charge in [0.2, 0.25) is 0 Å². The topological polar surface area (TPSA) is 81.5 Å². The highest BCUT2D eigenvalue weighted by Crippen LogP contribution is 2.32. The van der Waals surface area contributed by atoms with E-state index in [0.717, 1.165) is 37.4 Å². The van der Waals surface area contributed by atoms with E-state index in [2.05, 4.69) is 37.1 Å². The summed E-state index contributed by atoms with van der Waals surface area (Å²) in [5.74, 6) is 1.28. The molecule has 3 aromatic rings. The molecule has 1 unspecified atom stereocenters. The number of hydrogen-bond acceptors (Lipinski definition) is 5. The highest BCUT2D eigenvalue weighted by atomic mass is 15.2. The number of rotatable bonds is 2. The average molecular weight is 304 g/mol. The number of nitrogens with one attached hydrogen (secondary N) is 1. The van der Waals surface area contributed by atoms with Crippen LogP contribution in [0.4, 0.5) is 5.82 Å². The van der Waals surface area contributed by atoms with Crippen LogP contribution < -0.4 is 4.90 Å². The highest BCUT2D eigenvalue weighted by Gasteiger charge is 2.24. The Morgan fingerprint density at radius 3 is 3.04 bits per heavy atom. The molecule has 0 aromatic carbocycles. The molecule has 23 heavy (non-hydrogen) atoms. The minimum Gasteiger partial charge on any atom is -0.355 e. The number of pyridine rings is 1. The second-order valence-corrected chi connectivity index (χ2v) is 5.80. The number of nitriles is 1. The quantitative estimate of drug-likeness (QED) is 0.787. The van der Waals surface area contributed by atoms with Gasteiger partial charge in [-0.2, -0.15) is 5.26 Å². The fourth-order valence-electron chi connectivity index (χ4n) is 3.30. The van der Waals surface area contributed by atoms with Crippen molar-refractivity contribution in [1.82, 2.24) is 19.9 Å². The van der Waals surface area contributed by atoms with Crippen LogP contribution >= 0.6 is 0 Å². The normalized spacial score (nSPS) is 18.0. The zero-order chi connectivity index (χ0) is 15.6. The van der Waals surface area contributed by atoms with Gasteiger partial charge in [-0.25, -0.2) is 15.0 Å². The number of aromatic nitrogens is 4. The predicted octanol–water partition coefficient (Wildman–Crippen LogP) is 2.61. The van der Waals surface area contributed by atoms with Crippen molar-refractivity contribution >= 4 is 16.9 Å². The van der Waals surface area contributed by atoms with Crippen molar-refractivity contribution in [3.05, 3.63) is 48.2 Å². The summed E-state index contributed by atoms with van der Waals surface area (Å²) in [7, 11) is 0. The van der Waals surface area contributed by atoms with Gasteiger partial charge in [-0.1, -0.05) is 0 Å². The minimum absolute atomic E-state index is 0.352. The Kier molecular flexibility index (Phi) is 3.39. The number of aromatic amines is 1. The van der Waals surface area contributed by atoms with Crippen LogP contribution in [0.15, 0.2) is 36.9 Å². The lowest BCUT2D eigenvalue weighted by Crippen LogP contribution is -2.35. The number of anilines is 1. The molecule has 114 valence electrons. The van der Waals surface area contributed by atoms with Crippen LogP contribution in [0.5, 0.6) is 0 Å². The Bertz CT molecular complexity index is 861. The molecule has 1 N–H and O–H groups in total. The maximum absolute atomic E-state index is 8.83. The third-order valence-electron chi connectivity index (χ3n) is 4.42. The summed E-state index contributed by atoms with van der Waals surface area (Å²) >= 11 is 0. The Hall–Kier alpha value is -2.94. The third kappa shape index (κ3) is 2.50. The molecular formula is C17H16N6. The molecule has 1 atom stereocenters. The number of piperidine rings is 1. The molecule has 3 aromatic heterocycles. The van der Waals surface area contributed by atoms with Gasteiger partial charge < -0.3 is 9.88 Å². The van der Waals surface area contributed by atoms with Gasteiger partial charge in [0.25, 0.3) is 0 Å². The SMILES string of the molecule is N#Cc1cnc(N2CCCC(c3c[nH]c4ncccc34)C2)cn1. The molecule has 1 aliphatic rings. The number of fused-ring (bicyclic) bond motifs is 1. The van der Waals surface area contributed by atoms with Crippen LogP contribution in [0.1, 0.15) is 30.0 Å². The first kappa shape index (κ1) is 13.7. The molecule has 0 saturated carbocycles. The van der Waals surface area contributed by atoms with Crippen LogP contribution in [0.2, 0.25) is 0 Å². The van der Waals surface area contributed by atoms with Crippen molar-refractivity contribution in [2.75, 3.05) is 18.0 Å². The summed E-state index contributed by atoms with van der Waals surface area (Å²) in [6.07, 6.45) is 9.38. The first-order valence-corrected chi connectivity index (χ1v) is 7.74. The Labute approximate surface area is 133 Å². The number of nitrogens with zero attached hydrogens (tertiary/aromatic N) is 5. The lowest BCUT2D eigenvalue weighted by molar-refractivity contribution is 0.509. The summed E-state index contributed by atoms with van der Waals surface area (Å²) in [4.78, 5) is 18.4. The van der Waals surface area contributed by atoms with E-state index in [0.29, 0.717) is 11.6 Å². The maximum atomic E-state index is 8.83. The highest BCUT2D eigenvalue weighted by molar-refractivity contribution is 5.80. The number of H-pyrrole nitrogens is 1. The van der Waals surface area contributed by atoms with Crippen molar-refractivity contribution in [3.63, 3.8) is 0 Å². The summed E-state index contributed by atoms with van der Waals surface area (Å²) in [5.41, 5.74) is 2.61. The molecule has 0 bridgehead atoms. The molecule has 1 saturated heterocycles. The van der Waals surface area contributed by atoms with Gasteiger partial charge in [0, 0.05) is 36.8 Å². The van der Waals surface area contributed by atoms with Crippen molar-refractivity contribution in [2.45, 2.75) is 18.8 Å². The van der Waals surface area contributed by atoms with E-state index < -0.39 is 0 Å². The molecule has 0 spiro atoms. The molecular weight excluding hydrogens is 288 g/mol. The molecule has 0 radical (unpaired) electrons. The summed E-state index contributed by atoms with van der Waals surface area (Å²) in [6.45, 7) is 1.88. The molecule has 1 fully saturated rings. The van der Waals surface area contributed by atoms with Gasteiger partial charge >= 0.3 is 0 Å². The Morgan fingerprint density at radius 2 is 2.22 bits per heavy atom. The summed E-state index contributed by atoms with van der Waals surface area (Å²) in [5, 5.41) is 10.0. The minimum atomic E-state index is 0.352. The van der Waals surface area contributed by atoms with E-state index in [9.17, 15) is 0 Å². The molecule has 0 aliphatic carbocycles. The monoisotopic (exact) mass is 304 g/mol. The van der Waals surface area contributed by atoms with Gasteiger partial charge in [-0.3, -0.25) is 0 Å². The van der Waals surface area contributed by atoms with Crippen molar-refractivity contribution in [1.29, 1.82) is 5.26 Å². The van der Waals surface area contributed by atoms with E-state index >= 15 is 0 Å². The fourth-order valence-corrected chi connectivity index (χ4v) is 3.30. The van der Waals surface area contributed by atoms with Crippen LogP contribution in [0, 0.1) is 11.3 Å². The van der Waals surface area contributed by atoms with E-state index in [1.807, 2.05) is 18.3 Å². The predicted molar refractivity (Wildman–Crippen MR) is 87.0 cm³/mol. The van der Waals surface area contributed by atoms with Crippen LogP contribution in [-0.2, 0) is 0 Å². The van der Waals surface area contributed by atoms with Gasteiger partial charge in [0.1, 0.15) is 17.5 Å². The standard InChI is InChI=1S/C17H16N6/c18-7-13-8-21-16(10-20-13)23-6-2-3-12(11-23)15-9-22-17-14(15)4-1-5-19-17/h1,4-5,8-10,12H,2-3,6,11H2,(H,19,22). The summed E-state index contributed by atoms with van der Waals surface area (Å²) < 4.78 is 0. The van der Waals surface area contributed by atoms with E-state index in [1.165, 1.54) is 17.1 Å². The molecule has 1 aliphatic heterocycles. The Morgan fingerprint density at radius 1 is 1.26 bits per heavy atom. The van der Waals surface area contributed by atoms with Crippen LogP contribution in [0.25, 0.3) is 11.0 Å². The van der Waals surface area contributed by atoms with Gasteiger partial charge in [0.15, 0.2) is 5.69 Å². The van der Waals surface area contributed by atoms with E-state index in [1.54, 1.807) is 6.20 Å². The molecule has 0 amide bonds. The van der Waals surface area contributed by atoms with Crippen LogP contribution in [-0.4, -0.2) is 33.0 Å². The van der Waals surface area contributed by atoms with Crippen molar-refractivity contribution < 1.29 is 0 Å². The van der Waals surface area contributed by atoms with E-state index in [4.69, 9.17) is 5.26 Å². The molecule has 4 rings (SSSR count). The molecule has 6 heteroatoms. The smallest absolute Gasteiger partial charge is 0.158 e. The average Bonchev–Trinajstić information content (AvgIpc) is 3.06. The molecule has 4 heterocycles. The second-order valence-electron chi connectivity index (χ2n) is 5.80. The number of hydrogen-bond donors (Lipinski definition) is 1. The van der Waals surface area contributed by atoms with Gasteiger partial charge in [-0.15, -0.1) is 0 Å². The van der Waals surface area contributed by atoms with Crippen molar-refractivity contribution in [2.24, 2.45) is 0 Å². The lowest BCUT2D eigenvalue weighted by Gasteiger charge is -2.33. The third-order valence-corrected chi connectivity index (χ3v) is 4.42. The van der Waals surface area contributed by atoms with Gasteiger partial charge in [0.05, 0.1) is 12.4 Å². The largest absolute Gasteiger partial charge is 0.355 e. The van der Waals surface area contributed by atoms with Gasteiger partial charge in [-0.05, 0) is 30.5 Å². The molecule has 6 nitrogen and oxygen atoms in total. The van der Waals surface area contributed by atoms with Crippen molar-refractivity contribution in [3.8, 4) is 6.07 Å². The maximum Gasteiger partial charge on any atom is 0.158 e. The second kappa shape index (κ2) is 5.69. The zero-order valence-corrected chi connectivity index (χ0v) is 12.6. The Balaban J connectivity index is 1.60. The first-order valence-electron chi connectivity index (χ1n) is 7.74. The zero-order valence-electron chi connectivity index (χ0n) is 12.6. The first-order chi connectivity index (χ1) is 11.3.